The van der Waals surface area contributed by atoms with Crippen LogP contribution in [0.2, 0.25) is 5.02 Å². The standard InChI is InChI=1S/C16H10BrClN6OS/c17-10-1-6-14-19-12(7-15(25)23(14)8-10)9-26-16-20-21-22-24(16)13-4-2-11(18)3-5-13/h1-8H,9H2. The van der Waals surface area contributed by atoms with Gasteiger partial charge in [-0.1, -0.05) is 23.4 Å². The van der Waals surface area contributed by atoms with E-state index in [2.05, 4.69) is 36.4 Å². The molecule has 0 amide bonds. The van der Waals surface area contributed by atoms with Crippen LogP contribution in [0.25, 0.3) is 11.3 Å². The van der Waals surface area contributed by atoms with Crippen LogP contribution in [-0.4, -0.2) is 29.6 Å². The van der Waals surface area contributed by atoms with E-state index in [1.54, 1.807) is 29.1 Å². The molecule has 0 aliphatic carbocycles. The average molecular weight is 450 g/mol. The lowest BCUT2D eigenvalue weighted by Gasteiger charge is -2.06. The Morgan fingerprint density at radius 2 is 1.96 bits per heavy atom. The van der Waals surface area contributed by atoms with Gasteiger partial charge in [-0.15, -0.1) is 5.10 Å². The van der Waals surface area contributed by atoms with Crippen LogP contribution in [0.3, 0.4) is 0 Å². The molecule has 0 aliphatic heterocycles. The molecule has 0 aliphatic rings. The minimum Gasteiger partial charge on any atom is -0.269 e. The van der Waals surface area contributed by atoms with Crippen LogP contribution in [0, 0.1) is 0 Å². The molecule has 0 spiro atoms. The van der Waals surface area contributed by atoms with Crippen molar-refractivity contribution in [1.29, 1.82) is 0 Å². The molecule has 0 bridgehead atoms. The number of aromatic nitrogens is 6. The van der Waals surface area contributed by atoms with Crippen molar-refractivity contribution in [2.45, 2.75) is 10.9 Å². The Labute approximate surface area is 165 Å². The zero-order valence-corrected chi connectivity index (χ0v) is 16.2. The average Bonchev–Trinajstić information content (AvgIpc) is 3.10. The predicted octanol–water partition coefficient (Wildman–Crippen LogP) is 3.38. The summed E-state index contributed by atoms with van der Waals surface area (Å²) in [6.07, 6.45) is 1.70. The fraction of sp³-hybridized carbons (Fsp3) is 0.0625. The molecule has 26 heavy (non-hydrogen) atoms. The van der Waals surface area contributed by atoms with Gasteiger partial charge in [-0.25, -0.2) is 4.98 Å². The van der Waals surface area contributed by atoms with E-state index in [0.717, 1.165) is 10.2 Å². The number of pyridine rings is 1. The smallest absolute Gasteiger partial charge is 0.258 e. The molecule has 0 unspecified atom stereocenters. The molecule has 7 nitrogen and oxygen atoms in total. The Bertz CT molecular complexity index is 1140. The molecule has 0 saturated heterocycles. The minimum atomic E-state index is -0.135. The number of halogens is 2. The number of hydrogen-bond donors (Lipinski definition) is 0. The second-order valence-corrected chi connectivity index (χ2v) is 7.59. The summed E-state index contributed by atoms with van der Waals surface area (Å²) in [6.45, 7) is 0. The lowest BCUT2D eigenvalue weighted by molar-refractivity contribution is 0.756. The molecule has 0 atom stereocenters. The van der Waals surface area contributed by atoms with Crippen molar-refractivity contribution in [3.63, 3.8) is 0 Å². The van der Waals surface area contributed by atoms with E-state index < -0.39 is 0 Å². The van der Waals surface area contributed by atoms with E-state index in [4.69, 9.17) is 11.6 Å². The van der Waals surface area contributed by atoms with Gasteiger partial charge in [0.05, 0.1) is 11.4 Å². The summed E-state index contributed by atoms with van der Waals surface area (Å²) in [5.41, 5.74) is 1.92. The molecule has 0 N–H and O–H groups in total. The third-order valence-electron chi connectivity index (χ3n) is 3.54. The molecule has 130 valence electrons. The van der Waals surface area contributed by atoms with Crippen LogP contribution in [0.5, 0.6) is 0 Å². The molecule has 4 aromatic rings. The Hall–Kier alpha value is -2.23. The number of nitrogens with zero attached hydrogens (tertiary/aromatic N) is 6. The molecular formula is C16H10BrClN6OS. The van der Waals surface area contributed by atoms with Crippen LogP contribution in [-0.2, 0) is 5.75 Å². The van der Waals surface area contributed by atoms with Crippen molar-refractivity contribution < 1.29 is 0 Å². The molecule has 10 heteroatoms. The van der Waals surface area contributed by atoms with E-state index in [1.807, 2.05) is 18.2 Å². The second kappa shape index (κ2) is 7.18. The second-order valence-electron chi connectivity index (χ2n) is 5.30. The van der Waals surface area contributed by atoms with Crippen LogP contribution in [0.15, 0.2) is 63.1 Å². The summed E-state index contributed by atoms with van der Waals surface area (Å²) in [7, 11) is 0. The first-order chi connectivity index (χ1) is 12.6. The van der Waals surface area contributed by atoms with Crippen molar-refractivity contribution >= 4 is 44.9 Å². The summed E-state index contributed by atoms with van der Waals surface area (Å²) >= 11 is 10.7. The maximum absolute atomic E-state index is 12.3. The van der Waals surface area contributed by atoms with Gasteiger partial charge in [0.2, 0.25) is 5.16 Å². The lowest BCUT2D eigenvalue weighted by atomic mass is 10.3. The normalized spacial score (nSPS) is 11.2. The Kier molecular flexibility index (Phi) is 4.75. The molecule has 0 fully saturated rings. The van der Waals surface area contributed by atoms with E-state index in [1.165, 1.54) is 22.2 Å². The first-order valence-corrected chi connectivity index (χ1v) is 9.61. The predicted molar refractivity (Wildman–Crippen MR) is 103 cm³/mol. The van der Waals surface area contributed by atoms with Gasteiger partial charge in [0, 0.05) is 27.5 Å². The van der Waals surface area contributed by atoms with Gasteiger partial charge in [-0.2, -0.15) is 4.68 Å². The monoisotopic (exact) mass is 448 g/mol. The van der Waals surface area contributed by atoms with E-state index >= 15 is 0 Å². The van der Waals surface area contributed by atoms with E-state index in [-0.39, 0.29) is 5.56 Å². The van der Waals surface area contributed by atoms with Crippen molar-refractivity contribution in [3.05, 3.63) is 74.2 Å². The first kappa shape index (κ1) is 17.2. The fourth-order valence-corrected chi connectivity index (χ4v) is 3.60. The van der Waals surface area contributed by atoms with Crippen molar-refractivity contribution in [2.75, 3.05) is 0 Å². The van der Waals surface area contributed by atoms with E-state index in [9.17, 15) is 4.79 Å². The number of rotatable bonds is 4. The van der Waals surface area contributed by atoms with Crippen LogP contribution in [0.1, 0.15) is 5.69 Å². The highest BCUT2D eigenvalue weighted by molar-refractivity contribution is 9.10. The SMILES string of the molecule is O=c1cc(CSc2nnnn2-c2ccc(Cl)cc2)nc2ccc(Br)cn12. The molecule has 4 rings (SSSR count). The van der Waals surface area contributed by atoms with Crippen LogP contribution in [0.4, 0.5) is 0 Å². The van der Waals surface area contributed by atoms with Gasteiger partial charge in [0.1, 0.15) is 5.65 Å². The number of hydrogen-bond acceptors (Lipinski definition) is 6. The molecule has 0 saturated carbocycles. The Morgan fingerprint density at radius 3 is 2.77 bits per heavy atom. The molecule has 1 aromatic carbocycles. The molecule has 0 radical (unpaired) electrons. The van der Waals surface area contributed by atoms with Gasteiger partial charge >= 0.3 is 0 Å². The van der Waals surface area contributed by atoms with Gasteiger partial charge in [-0.05, 0) is 62.8 Å². The summed E-state index contributed by atoms with van der Waals surface area (Å²) in [5, 5.41) is 13.0. The van der Waals surface area contributed by atoms with E-state index in [0.29, 0.717) is 27.3 Å². The van der Waals surface area contributed by atoms with Gasteiger partial charge < -0.3 is 0 Å². The molecular weight excluding hydrogens is 440 g/mol. The largest absolute Gasteiger partial charge is 0.269 e. The van der Waals surface area contributed by atoms with Crippen LogP contribution < -0.4 is 5.56 Å². The van der Waals surface area contributed by atoms with Gasteiger partial charge in [0.25, 0.3) is 5.56 Å². The number of tetrazole rings is 1. The zero-order chi connectivity index (χ0) is 18.1. The Balaban J connectivity index is 1.60. The molecule has 3 aromatic heterocycles. The summed E-state index contributed by atoms with van der Waals surface area (Å²) in [5.74, 6) is 0.468. The Morgan fingerprint density at radius 1 is 1.15 bits per heavy atom. The number of benzene rings is 1. The maximum atomic E-state index is 12.3. The lowest BCUT2D eigenvalue weighted by Crippen LogP contribution is -2.15. The maximum Gasteiger partial charge on any atom is 0.258 e. The number of fused-ring (bicyclic) bond motifs is 1. The summed E-state index contributed by atoms with van der Waals surface area (Å²) < 4.78 is 3.93. The zero-order valence-electron chi connectivity index (χ0n) is 13.1. The third-order valence-corrected chi connectivity index (χ3v) is 5.21. The summed E-state index contributed by atoms with van der Waals surface area (Å²) in [4.78, 5) is 16.8. The van der Waals surface area contributed by atoms with Gasteiger partial charge in [-0.3, -0.25) is 9.20 Å². The van der Waals surface area contributed by atoms with Crippen molar-refractivity contribution in [1.82, 2.24) is 29.6 Å². The van der Waals surface area contributed by atoms with Gasteiger partial charge in [0.15, 0.2) is 0 Å². The highest BCUT2D eigenvalue weighted by Crippen LogP contribution is 2.22. The third kappa shape index (κ3) is 3.50. The molecule has 3 heterocycles. The fourth-order valence-electron chi connectivity index (χ4n) is 2.35. The minimum absolute atomic E-state index is 0.135. The first-order valence-electron chi connectivity index (χ1n) is 7.45. The topological polar surface area (TPSA) is 78.0 Å². The number of thioether (sulfide) groups is 1. The van der Waals surface area contributed by atoms with Crippen molar-refractivity contribution in [2.24, 2.45) is 0 Å². The highest BCUT2D eigenvalue weighted by Gasteiger charge is 2.11. The quantitative estimate of drug-likeness (QED) is 0.445. The summed E-state index contributed by atoms with van der Waals surface area (Å²) in [6, 6.07) is 12.4. The van der Waals surface area contributed by atoms with Crippen LogP contribution >= 0.6 is 39.3 Å². The highest BCUT2D eigenvalue weighted by atomic mass is 79.9. The van der Waals surface area contributed by atoms with Crippen molar-refractivity contribution in [3.8, 4) is 5.69 Å².